The van der Waals surface area contributed by atoms with E-state index >= 15 is 0 Å². The minimum Gasteiger partial charge on any atom is -0.368 e. The minimum absolute atomic E-state index is 0.195. The number of pyridine rings is 1. The first-order chi connectivity index (χ1) is 10.7. The number of nitrogens with two attached hydrogens (primary N) is 1. The largest absolute Gasteiger partial charge is 0.368 e. The summed E-state index contributed by atoms with van der Waals surface area (Å²) >= 11 is 0. The van der Waals surface area contributed by atoms with Gasteiger partial charge in [0.25, 0.3) is 5.91 Å². The molecule has 1 fully saturated rings. The van der Waals surface area contributed by atoms with Crippen molar-refractivity contribution in [3.8, 4) is 5.82 Å². The van der Waals surface area contributed by atoms with E-state index in [9.17, 15) is 9.59 Å². The fourth-order valence-electron chi connectivity index (χ4n) is 2.72. The maximum atomic E-state index is 12.7. The van der Waals surface area contributed by atoms with Crippen LogP contribution in [0.3, 0.4) is 0 Å². The van der Waals surface area contributed by atoms with Gasteiger partial charge in [-0.05, 0) is 37.5 Å². The molecule has 0 aliphatic carbocycles. The Morgan fingerprint density at radius 3 is 2.86 bits per heavy atom. The predicted molar refractivity (Wildman–Crippen MR) is 79.2 cm³/mol. The second kappa shape index (κ2) is 5.97. The van der Waals surface area contributed by atoms with Crippen molar-refractivity contribution in [1.82, 2.24) is 19.7 Å². The summed E-state index contributed by atoms with van der Waals surface area (Å²) in [6, 6.07) is 4.57. The monoisotopic (exact) mass is 299 g/mol. The lowest BCUT2D eigenvalue weighted by Crippen LogP contribution is -2.50. The van der Waals surface area contributed by atoms with Crippen LogP contribution in [0.4, 0.5) is 0 Å². The summed E-state index contributed by atoms with van der Waals surface area (Å²) in [5.74, 6) is -0.0859. The van der Waals surface area contributed by atoms with Crippen LogP contribution in [0.25, 0.3) is 5.82 Å². The molecule has 2 N–H and O–H groups in total. The van der Waals surface area contributed by atoms with Gasteiger partial charge < -0.3 is 10.6 Å². The molecule has 1 saturated heterocycles. The molecule has 0 aromatic carbocycles. The molecule has 1 aliphatic rings. The summed E-state index contributed by atoms with van der Waals surface area (Å²) in [5.41, 5.74) is 5.90. The highest BCUT2D eigenvalue weighted by atomic mass is 16.2. The van der Waals surface area contributed by atoms with Gasteiger partial charge in [-0.15, -0.1) is 0 Å². The molecule has 1 aliphatic heterocycles. The van der Waals surface area contributed by atoms with E-state index in [-0.39, 0.29) is 5.91 Å². The Kier molecular flexibility index (Phi) is 3.86. The van der Waals surface area contributed by atoms with E-state index in [4.69, 9.17) is 5.73 Å². The van der Waals surface area contributed by atoms with Crippen LogP contribution in [-0.4, -0.2) is 44.1 Å². The van der Waals surface area contributed by atoms with Crippen LogP contribution in [0.2, 0.25) is 0 Å². The van der Waals surface area contributed by atoms with Crippen molar-refractivity contribution >= 4 is 11.8 Å². The Hall–Kier alpha value is -2.70. The molecule has 114 valence electrons. The summed E-state index contributed by atoms with van der Waals surface area (Å²) in [6.07, 6.45) is 7.37. The molecular weight excluding hydrogens is 282 g/mol. The van der Waals surface area contributed by atoms with Crippen LogP contribution in [0.1, 0.15) is 29.6 Å². The number of primary amides is 1. The number of rotatable bonds is 3. The van der Waals surface area contributed by atoms with E-state index in [1.165, 1.54) is 0 Å². The van der Waals surface area contributed by atoms with Gasteiger partial charge in [-0.2, -0.15) is 5.10 Å². The molecule has 7 heteroatoms. The lowest BCUT2D eigenvalue weighted by molar-refractivity contribution is -0.123. The number of likely N-dealkylation sites (tertiary alicyclic amines) is 1. The number of hydrogen-bond donors (Lipinski definition) is 1. The Labute approximate surface area is 127 Å². The van der Waals surface area contributed by atoms with Crippen LogP contribution in [0.5, 0.6) is 0 Å². The molecule has 0 saturated carbocycles. The summed E-state index contributed by atoms with van der Waals surface area (Å²) in [7, 11) is 0. The predicted octanol–water partition coefficient (Wildman–Crippen LogP) is 0.747. The molecule has 1 unspecified atom stereocenters. The Balaban J connectivity index is 1.88. The van der Waals surface area contributed by atoms with Gasteiger partial charge in [0.15, 0.2) is 5.82 Å². The second-order valence-electron chi connectivity index (χ2n) is 5.27. The maximum Gasteiger partial charge on any atom is 0.254 e. The van der Waals surface area contributed by atoms with Crippen LogP contribution in [0.15, 0.2) is 36.8 Å². The number of carbonyl (C=O) groups is 2. The molecule has 22 heavy (non-hydrogen) atoms. The molecule has 3 heterocycles. The van der Waals surface area contributed by atoms with Crippen molar-refractivity contribution < 1.29 is 9.59 Å². The first kappa shape index (κ1) is 14.2. The Morgan fingerprint density at radius 2 is 2.14 bits per heavy atom. The van der Waals surface area contributed by atoms with Gasteiger partial charge in [0, 0.05) is 30.7 Å². The van der Waals surface area contributed by atoms with Crippen molar-refractivity contribution in [2.75, 3.05) is 6.54 Å². The van der Waals surface area contributed by atoms with Crippen molar-refractivity contribution in [1.29, 1.82) is 0 Å². The first-order valence-electron chi connectivity index (χ1n) is 7.23. The second-order valence-corrected chi connectivity index (χ2v) is 5.27. The van der Waals surface area contributed by atoms with E-state index in [1.807, 2.05) is 0 Å². The molecule has 3 rings (SSSR count). The van der Waals surface area contributed by atoms with Crippen LogP contribution >= 0.6 is 0 Å². The zero-order chi connectivity index (χ0) is 15.5. The number of piperidine rings is 1. The van der Waals surface area contributed by atoms with Gasteiger partial charge in [0.05, 0.1) is 0 Å². The zero-order valence-corrected chi connectivity index (χ0v) is 12.1. The minimum atomic E-state index is -0.525. The fourth-order valence-corrected chi connectivity index (χ4v) is 2.72. The number of aromatic nitrogens is 3. The van der Waals surface area contributed by atoms with Crippen LogP contribution in [-0.2, 0) is 4.79 Å². The first-order valence-corrected chi connectivity index (χ1v) is 7.23. The third-order valence-corrected chi connectivity index (χ3v) is 3.82. The average molecular weight is 299 g/mol. The quantitative estimate of drug-likeness (QED) is 0.904. The van der Waals surface area contributed by atoms with Gasteiger partial charge in [-0.25, -0.2) is 9.67 Å². The standard InChI is InChI=1S/C15H17N5O2/c16-14(21)12-4-1-2-8-19(12)15(22)11-5-7-17-13(10-11)20-9-3-6-18-20/h3,5-7,9-10,12H,1-2,4,8H2,(H2,16,21). The number of carbonyl (C=O) groups excluding carboxylic acids is 2. The molecule has 7 nitrogen and oxygen atoms in total. The smallest absolute Gasteiger partial charge is 0.254 e. The van der Waals surface area contributed by atoms with Crippen molar-refractivity contribution in [2.24, 2.45) is 5.73 Å². The Bertz CT molecular complexity index is 683. The lowest BCUT2D eigenvalue weighted by atomic mass is 10.0. The van der Waals surface area contributed by atoms with E-state index in [1.54, 1.807) is 46.4 Å². The summed E-state index contributed by atoms with van der Waals surface area (Å²) in [5, 5.41) is 4.10. The van der Waals surface area contributed by atoms with Crippen molar-refractivity contribution in [2.45, 2.75) is 25.3 Å². The van der Waals surface area contributed by atoms with Crippen molar-refractivity contribution in [3.63, 3.8) is 0 Å². The lowest BCUT2D eigenvalue weighted by Gasteiger charge is -2.33. The summed E-state index contributed by atoms with van der Waals surface area (Å²) < 4.78 is 1.58. The van der Waals surface area contributed by atoms with Gasteiger partial charge in [-0.1, -0.05) is 0 Å². The SMILES string of the molecule is NC(=O)C1CCCCN1C(=O)c1ccnc(-n2cccn2)c1. The maximum absolute atomic E-state index is 12.7. The molecule has 0 radical (unpaired) electrons. The third-order valence-electron chi connectivity index (χ3n) is 3.82. The third kappa shape index (κ3) is 2.69. The van der Waals surface area contributed by atoms with Gasteiger partial charge in [0.2, 0.25) is 5.91 Å². The molecule has 0 bridgehead atoms. The van der Waals surface area contributed by atoms with Gasteiger partial charge >= 0.3 is 0 Å². The molecule has 2 amide bonds. The highest BCUT2D eigenvalue weighted by Gasteiger charge is 2.31. The summed E-state index contributed by atoms with van der Waals surface area (Å²) in [6.45, 7) is 0.547. The van der Waals surface area contributed by atoms with E-state index in [2.05, 4.69) is 10.1 Å². The van der Waals surface area contributed by atoms with E-state index in [0.717, 1.165) is 12.8 Å². The average Bonchev–Trinajstić information content (AvgIpc) is 3.09. The molecule has 1 atom stereocenters. The topological polar surface area (TPSA) is 94.1 Å². The highest BCUT2D eigenvalue weighted by molar-refractivity contribution is 5.97. The fraction of sp³-hybridized carbons (Fsp3) is 0.333. The van der Waals surface area contributed by atoms with Crippen LogP contribution in [0, 0.1) is 0 Å². The highest BCUT2D eigenvalue weighted by Crippen LogP contribution is 2.20. The van der Waals surface area contributed by atoms with E-state index in [0.29, 0.717) is 24.3 Å². The molecule has 0 spiro atoms. The molecule has 2 aromatic rings. The van der Waals surface area contributed by atoms with Gasteiger partial charge in [0.1, 0.15) is 6.04 Å². The summed E-state index contributed by atoms with van der Waals surface area (Å²) in [4.78, 5) is 30.0. The number of hydrogen-bond acceptors (Lipinski definition) is 4. The van der Waals surface area contributed by atoms with Crippen molar-refractivity contribution in [3.05, 3.63) is 42.4 Å². The number of amides is 2. The number of nitrogens with zero attached hydrogens (tertiary/aromatic N) is 4. The van der Waals surface area contributed by atoms with Gasteiger partial charge in [-0.3, -0.25) is 9.59 Å². The van der Waals surface area contributed by atoms with E-state index < -0.39 is 11.9 Å². The normalized spacial score (nSPS) is 18.2. The molecule has 2 aromatic heterocycles. The Morgan fingerprint density at radius 1 is 1.27 bits per heavy atom. The zero-order valence-electron chi connectivity index (χ0n) is 12.1. The van der Waals surface area contributed by atoms with Crippen LogP contribution < -0.4 is 5.73 Å². The molecular formula is C15H17N5O2.